The molecule has 0 radical (unpaired) electrons. The first-order valence-electron chi connectivity index (χ1n) is 6.14. The normalized spacial score (nSPS) is 15.1. The molecule has 0 spiro atoms. The molecule has 1 aromatic rings. The fraction of sp³-hybridized carbons (Fsp3) is 0.667. The molecule has 4 nitrogen and oxygen atoms in total. The van der Waals surface area contributed by atoms with Crippen LogP contribution in [0.2, 0.25) is 0 Å². The summed E-state index contributed by atoms with van der Waals surface area (Å²) in [6.07, 6.45) is 9.22. The third-order valence-corrected chi connectivity index (χ3v) is 2.88. The van der Waals surface area contributed by atoms with E-state index in [0.717, 1.165) is 25.8 Å². The van der Waals surface area contributed by atoms with Gasteiger partial charge in [0, 0.05) is 25.0 Å². The quantitative estimate of drug-likeness (QED) is 0.749. The van der Waals surface area contributed by atoms with Gasteiger partial charge in [0.05, 0.1) is 0 Å². The van der Waals surface area contributed by atoms with Crippen LogP contribution >= 0.6 is 0 Å². The molecule has 1 aromatic heterocycles. The van der Waals surface area contributed by atoms with Crippen LogP contribution in [-0.2, 0) is 0 Å². The van der Waals surface area contributed by atoms with Crippen LogP contribution in [0, 0.1) is 0 Å². The Bertz CT molecular complexity index is 395. The maximum Gasteiger partial charge on any atom is 0.293 e. The highest BCUT2D eigenvalue weighted by Gasteiger charge is 2.25. The van der Waals surface area contributed by atoms with E-state index in [4.69, 9.17) is 0 Å². The summed E-state index contributed by atoms with van der Waals surface area (Å²) in [5.41, 5.74) is 0.0292. The molecule has 0 bridgehead atoms. The predicted octanol–water partition coefficient (Wildman–Crippen LogP) is 2.18. The van der Waals surface area contributed by atoms with Gasteiger partial charge in [-0.15, -0.1) is 0 Å². The second-order valence-corrected chi connectivity index (χ2v) is 4.35. The predicted molar refractivity (Wildman–Crippen MR) is 64.8 cm³/mol. The van der Waals surface area contributed by atoms with E-state index in [1.165, 1.54) is 12.8 Å². The minimum absolute atomic E-state index is 0.0292. The maximum atomic E-state index is 12.0. The van der Waals surface area contributed by atoms with Crippen LogP contribution in [0.4, 0.5) is 5.82 Å². The van der Waals surface area contributed by atoms with E-state index in [-0.39, 0.29) is 5.56 Å². The van der Waals surface area contributed by atoms with Crippen molar-refractivity contribution in [1.29, 1.82) is 0 Å². The number of anilines is 1. The molecular formula is C12H19N3O. The zero-order valence-corrected chi connectivity index (χ0v) is 9.78. The highest BCUT2D eigenvalue weighted by Crippen LogP contribution is 2.33. The fourth-order valence-electron chi connectivity index (χ4n) is 1.77. The summed E-state index contributed by atoms with van der Waals surface area (Å²) in [6, 6.07) is 0.423. The van der Waals surface area contributed by atoms with E-state index >= 15 is 0 Å². The zero-order valence-electron chi connectivity index (χ0n) is 9.78. The first-order chi connectivity index (χ1) is 7.83. The zero-order chi connectivity index (χ0) is 11.4. The summed E-state index contributed by atoms with van der Waals surface area (Å²) < 4.78 is 1.80. The van der Waals surface area contributed by atoms with Crippen molar-refractivity contribution in [3.63, 3.8) is 0 Å². The molecule has 16 heavy (non-hydrogen) atoms. The van der Waals surface area contributed by atoms with Crippen molar-refractivity contribution in [2.24, 2.45) is 0 Å². The Morgan fingerprint density at radius 2 is 2.31 bits per heavy atom. The summed E-state index contributed by atoms with van der Waals surface area (Å²) in [4.78, 5) is 16.1. The van der Waals surface area contributed by atoms with Gasteiger partial charge in [-0.05, 0) is 19.3 Å². The summed E-state index contributed by atoms with van der Waals surface area (Å²) in [6.45, 7) is 3.01. The molecule has 2 rings (SSSR count). The molecule has 1 aliphatic carbocycles. The van der Waals surface area contributed by atoms with Gasteiger partial charge in [-0.1, -0.05) is 19.8 Å². The van der Waals surface area contributed by atoms with E-state index in [1.54, 1.807) is 17.0 Å². The summed E-state index contributed by atoms with van der Waals surface area (Å²) in [7, 11) is 0. The molecule has 0 atom stereocenters. The van der Waals surface area contributed by atoms with Crippen LogP contribution in [0.1, 0.15) is 45.1 Å². The lowest BCUT2D eigenvalue weighted by atomic mass is 10.2. The van der Waals surface area contributed by atoms with Crippen molar-refractivity contribution < 1.29 is 0 Å². The molecule has 1 saturated carbocycles. The van der Waals surface area contributed by atoms with Crippen LogP contribution in [0.3, 0.4) is 0 Å². The molecule has 4 heteroatoms. The van der Waals surface area contributed by atoms with Gasteiger partial charge in [0.25, 0.3) is 5.56 Å². The summed E-state index contributed by atoms with van der Waals surface area (Å²) in [5.74, 6) is 0.505. The molecule has 1 N–H and O–H groups in total. The van der Waals surface area contributed by atoms with Crippen LogP contribution < -0.4 is 10.9 Å². The number of rotatable bonds is 6. The SMILES string of the molecule is CCCCCNc1nccn(C2CC2)c1=O. The van der Waals surface area contributed by atoms with Gasteiger partial charge in [0.1, 0.15) is 0 Å². The summed E-state index contributed by atoms with van der Waals surface area (Å²) in [5, 5.41) is 3.13. The standard InChI is InChI=1S/C12H19N3O/c1-2-3-4-7-13-11-12(16)15(9-8-14-11)10-5-6-10/h8-10H,2-7H2,1H3,(H,13,14). The molecule has 0 unspecified atom stereocenters. The number of unbranched alkanes of at least 4 members (excludes halogenated alkanes) is 2. The minimum Gasteiger partial charge on any atom is -0.365 e. The second kappa shape index (κ2) is 5.14. The highest BCUT2D eigenvalue weighted by molar-refractivity contribution is 5.30. The molecule has 0 amide bonds. The number of hydrogen-bond donors (Lipinski definition) is 1. The number of nitrogens with zero attached hydrogens (tertiary/aromatic N) is 2. The minimum atomic E-state index is 0.0292. The van der Waals surface area contributed by atoms with E-state index in [1.807, 2.05) is 0 Å². The van der Waals surface area contributed by atoms with E-state index in [0.29, 0.717) is 11.9 Å². The molecule has 1 aliphatic rings. The number of nitrogens with one attached hydrogen (secondary N) is 1. The topological polar surface area (TPSA) is 46.9 Å². The smallest absolute Gasteiger partial charge is 0.293 e. The molecule has 0 aliphatic heterocycles. The van der Waals surface area contributed by atoms with E-state index in [9.17, 15) is 4.79 Å². The van der Waals surface area contributed by atoms with Gasteiger partial charge in [0.15, 0.2) is 5.82 Å². The molecule has 1 fully saturated rings. The van der Waals surface area contributed by atoms with Crippen molar-refractivity contribution in [1.82, 2.24) is 9.55 Å². The van der Waals surface area contributed by atoms with Crippen LogP contribution in [0.25, 0.3) is 0 Å². The average Bonchev–Trinajstić information content (AvgIpc) is 3.10. The lowest BCUT2D eigenvalue weighted by Crippen LogP contribution is -2.24. The van der Waals surface area contributed by atoms with Gasteiger partial charge in [-0.2, -0.15) is 0 Å². The Kier molecular flexibility index (Phi) is 3.59. The maximum absolute atomic E-state index is 12.0. The van der Waals surface area contributed by atoms with Gasteiger partial charge in [-0.3, -0.25) is 4.79 Å². The Morgan fingerprint density at radius 1 is 1.50 bits per heavy atom. The third kappa shape index (κ3) is 2.62. The first-order valence-corrected chi connectivity index (χ1v) is 6.14. The number of hydrogen-bond acceptors (Lipinski definition) is 3. The van der Waals surface area contributed by atoms with Crippen molar-refractivity contribution in [2.75, 3.05) is 11.9 Å². The summed E-state index contributed by atoms with van der Waals surface area (Å²) >= 11 is 0. The van der Waals surface area contributed by atoms with Gasteiger partial charge in [-0.25, -0.2) is 4.98 Å². The molecule has 0 saturated heterocycles. The van der Waals surface area contributed by atoms with Crippen molar-refractivity contribution in [2.45, 2.75) is 45.1 Å². The first kappa shape index (κ1) is 11.2. The van der Waals surface area contributed by atoms with Crippen molar-refractivity contribution >= 4 is 5.82 Å². The van der Waals surface area contributed by atoms with Crippen molar-refractivity contribution in [3.8, 4) is 0 Å². The van der Waals surface area contributed by atoms with E-state index in [2.05, 4.69) is 17.2 Å². The fourth-order valence-corrected chi connectivity index (χ4v) is 1.77. The van der Waals surface area contributed by atoms with Crippen LogP contribution in [-0.4, -0.2) is 16.1 Å². The molecule has 88 valence electrons. The van der Waals surface area contributed by atoms with E-state index < -0.39 is 0 Å². The monoisotopic (exact) mass is 221 g/mol. The Labute approximate surface area is 95.7 Å². The number of aromatic nitrogens is 2. The van der Waals surface area contributed by atoms with Crippen LogP contribution in [0.5, 0.6) is 0 Å². The molecule has 0 aromatic carbocycles. The lowest BCUT2D eigenvalue weighted by Gasteiger charge is -2.07. The van der Waals surface area contributed by atoms with Gasteiger partial charge in [0.2, 0.25) is 0 Å². The molecule has 1 heterocycles. The lowest BCUT2D eigenvalue weighted by molar-refractivity contribution is 0.695. The van der Waals surface area contributed by atoms with Gasteiger partial charge < -0.3 is 9.88 Å². The average molecular weight is 221 g/mol. The Morgan fingerprint density at radius 3 is 3.00 bits per heavy atom. The highest BCUT2D eigenvalue weighted by atomic mass is 16.1. The largest absolute Gasteiger partial charge is 0.365 e. The van der Waals surface area contributed by atoms with Gasteiger partial charge >= 0.3 is 0 Å². The van der Waals surface area contributed by atoms with Crippen LogP contribution in [0.15, 0.2) is 17.2 Å². The molecular weight excluding hydrogens is 202 g/mol. The second-order valence-electron chi connectivity index (χ2n) is 4.35. The van der Waals surface area contributed by atoms with Crippen molar-refractivity contribution in [3.05, 3.63) is 22.7 Å². The Hall–Kier alpha value is -1.32. The third-order valence-electron chi connectivity index (χ3n) is 2.88. The Balaban J connectivity index is 1.98.